The van der Waals surface area contributed by atoms with E-state index in [0.29, 0.717) is 11.7 Å². The van der Waals surface area contributed by atoms with Gasteiger partial charge < -0.3 is 20.1 Å². The van der Waals surface area contributed by atoms with Crippen LogP contribution in [0.4, 0.5) is 5.69 Å². The van der Waals surface area contributed by atoms with Crippen LogP contribution >= 0.6 is 0 Å². The van der Waals surface area contributed by atoms with Crippen molar-refractivity contribution in [2.75, 3.05) is 31.6 Å². The molecule has 1 heterocycles. The van der Waals surface area contributed by atoms with E-state index < -0.39 is 6.10 Å². The number of amides is 1. The minimum Gasteiger partial charge on any atom is -0.484 e. The van der Waals surface area contributed by atoms with E-state index in [9.17, 15) is 9.90 Å². The summed E-state index contributed by atoms with van der Waals surface area (Å²) in [5.41, 5.74) is 4.52. The number of rotatable bonds is 7. The first kappa shape index (κ1) is 19.2. The maximum Gasteiger partial charge on any atom is 0.258 e. The molecule has 0 aromatic heterocycles. The molecule has 2 aromatic rings. The Morgan fingerprint density at radius 2 is 1.89 bits per heavy atom. The lowest BCUT2D eigenvalue weighted by Crippen LogP contribution is -2.32. The zero-order valence-electron chi connectivity index (χ0n) is 16.2. The van der Waals surface area contributed by atoms with Gasteiger partial charge in [-0.05, 0) is 47.2 Å². The van der Waals surface area contributed by atoms with E-state index in [1.807, 2.05) is 42.5 Å². The number of carbonyl (C=O) groups excluding carboxylic acids is 1. The van der Waals surface area contributed by atoms with Gasteiger partial charge in [0.15, 0.2) is 6.61 Å². The van der Waals surface area contributed by atoms with E-state index in [-0.39, 0.29) is 19.1 Å². The molecule has 5 nitrogen and oxygen atoms in total. The highest BCUT2D eigenvalue weighted by Gasteiger charge is 2.18. The molecule has 1 aliphatic heterocycles. The number of aliphatic hydroxyl groups is 1. The van der Waals surface area contributed by atoms with Gasteiger partial charge in [-0.2, -0.15) is 0 Å². The fourth-order valence-corrected chi connectivity index (χ4v) is 3.27. The van der Waals surface area contributed by atoms with Crippen LogP contribution in [0.2, 0.25) is 0 Å². The Kier molecular flexibility index (Phi) is 6.01. The van der Waals surface area contributed by atoms with Gasteiger partial charge in [0.1, 0.15) is 5.75 Å². The highest BCUT2D eigenvalue weighted by Crippen LogP contribution is 2.29. The number of carbonyl (C=O) groups is 1. The summed E-state index contributed by atoms with van der Waals surface area (Å²) in [6.45, 7) is 5.37. The molecule has 2 N–H and O–H groups in total. The third kappa shape index (κ3) is 4.80. The van der Waals surface area contributed by atoms with Crippen LogP contribution in [0.1, 0.15) is 42.6 Å². The van der Waals surface area contributed by atoms with E-state index in [0.717, 1.165) is 18.5 Å². The lowest BCUT2D eigenvalue weighted by molar-refractivity contribution is -0.123. The lowest BCUT2D eigenvalue weighted by atomic mass is 10.0. The molecule has 1 atom stereocenters. The second-order valence-corrected chi connectivity index (χ2v) is 7.39. The number of likely N-dealkylation sites (N-methyl/N-ethyl adjacent to an activating group) is 1. The highest BCUT2D eigenvalue weighted by atomic mass is 16.5. The molecule has 0 saturated heterocycles. The van der Waals surface area contributed by atoms with Crippen LogP contribution in [0.15, 0.2) is 42.5 Å². The molecule has 3 rings (SSSR count). The van der Waals surface area contributed by atoms with Crippen molar-refractivity contribution in [2.24, 2.45) is 0 Å². The normalized spacial score (nSPS) is 14.2. The van der Waals surface area contributed by atoms with Crippen molar-refractivity contribution in [3.05, 3.63) is 59.2 Å². The van der Waals surface area contributed by atoms with Crippen LogP contribution < -0.4 is 15.0 Å². The summed E-state index contributed by atoms with van der Waals surface area (Å²) in [7, 11) is 2.07. The summed E-state index contributed by atoms with van der Waals surface area (Å²) in [6.07, 6.45) is 0.262. The average Bonchev–Trinajstić information content (AvgIpc) is 3.05. The molecule has 1 amide bonds. The largest absolute Gasteiger partial charge is 0.484 e. The summed E-state index contributed by atoms with van der Waals surface area (Å²) >= 11 is 0. The Hall–Kier alpha value is -2.53. The number of hydrogen-bond donors (Lipinski definition) is 2. The van der Waals surface area contributed by atoms with Crippen molar-refractivity contribution in [3.8, 4) is 5.75 Å². The molecule has 0 radical (unpaired) electrons. The molecule has 0 spiro atoms. The SMILES string of the molecule is CC(C)c1ccc(OCC(=O)NCC(O)c2ccc3c(c2)CCN3C)cc1. The van der Waals surface area contributed by atoms with Crippen molar-refractivity contribution in [3.63, 3.8) is 0 Å². The summed E-state index contributed by atoms with van der Waals surface area (Å²) in [6, 6.07) is 13.7. The zero-order valence-corrected chi connectivity index (χ0v) is 16.2. The van der Waals surface area contributed by atoms with Crippen LogP contribution in [0.25, 0.3) is 0 Å². The summed E-state index contributed by atoms with van der Waals surface area (Å²) in [5, 5.41) is 13.1. The first-order valence-corrected chi connectivity index (χ1v) is 9.45. The summed E-state index contributed by atoms with van der Waals surface area (Å²) in [5.74, 6) is 0.879. The number of nitrogens with one attached hydrogen (secondary N) is 1. The maximum atomic E-state index is 12.0. The van der Waals surface area contributed by atoms with Gasteiger partial charge in [0.05, 0.1) is 6.10 Å². The molecule has 1 unspecified atom stereocenters. The van der Waals surface area contributed by atoms with Crippen molar-refractivity contribution < 1.29 is 14.6 Å². The first-order valence-electron chi connectivity index (χ1n) is 9.45. The third-order valence-corrected chi connectivity index (χ3v) is 5.03. The Bertz CT molecular complexity index is 787. The fraction of sp³-hybridized carbons (Fsp3) is 0.409. The second kappa shape index (κ2) is 8.44. The van der Waals surface area contributed by atoms with E-state index in [4.69, 9.17) is 4.74 Å². The van der Waals surface area contributed by atoms with Crippen molar-refractivity contribution in [1.82, 2.24) is 5.32 Å². The van der Waals surface area contributed by atoms with Gasteiger partial charge in [0.2, 0.25) is 0 Å². The van der Waals surface area contributed by atoms with Gasteiger partial charge in [-0.15, -0.1) is 0 Å². The van der Waals surface area contributed by atoms with Crippen LogP contribution in [0.3, 0.4) is 0 Å². The Labute approximate surface area is 161 Å². The van der Waals surface area contributed by atoms with Gasteiger partial charge in [-0.25, -0.2) is 0 Å². The third-order valence-electron chi connectivity index (χ3n) is 5.03. The van der Waals surface area contributed by atoms with Crippen molar-refractivity contribution in [1.29, 1.82) is 0 Å². The smallest absolute Gasteiger partial charge is 0.258 e. The molecule has 2 aromatic carbocycles. The standard InChI is InChI=1S/C22H28N2O3/c1-15(2)16-4-7-19(8-5-16)27-14-22(26)23-13-21(25)18-6-9-20-17(12-18)10-11-24(20)3/h4-9,12,15,21,25H,10-11,13-14H2,1-3H3,(H,23,26). The van der Waals surface area contributed by atoms with Crippen LogP contribution in [-0.4, -0.2) is 37.8 Å². The van der Waals surface area contributed by atoms with Crippen molar-refractivity contribution >= 4 is 11.6 Å². The fourth-order valence-electron chi connectivity index (χ4n) is 3.27. The number of hydrogen-bond acceptors (Lipinski definition) is 4. The summed E-state index contributed by atoms with van der Waals surface area (Å²) in [4.78, 5) is 14.2. The monoisotopic (exact) mass is 368 g/mol. The molecular formula is C22H28N2O3. The van der Waals surface area contributed by atoms with Gasteiger partial charge in [-0.3, -0.25) is 4.79 Å². The quantitative estimate of drug-likeness (QED) is 0.789. The number of nitrogens with zero attached hydrogens (tertiary/aromatic N) is 1. The minimum atomic E-state index is -0.726. The Morgan fingerprint density at radius 3 is 2.59 bits per heavy atom. The number of fused-ring (bicyclic) bond motifs is 1. The number of aliphatic hydroxyl groups excluding tert-OH is 1. The van der Waals surface area contributed by atoms with Crippen LogP contribution in [0.5, 0.6) is 5.75 Å². The highest BCUT2D eigenvalue weighted by molar-refractivity contribution is 5.77. The average molecular weight is 368 g/mol. The molecule has 0 aliphatic carbocycles. The van der Waals surface area contributed by atoms with E-state index in [1.54, 1.807) is 0 Å². The van der Waals surface area contributed by atoms with Gasteiger partial charge in [0, 0.05) is 25.8 Å². The van der Waals surface area contributed by atoms with Gasteiger partial charge in [0.25, 0.3) is 5.91 Å². The maximum absolute atomic E-state index is 12.0. The van der Waals surface area contributed by atoms with Gasteiger partial charge >= 0.3 is 0 Å². The molecule has 1 aliphatic rings. The lowest BCUT2D eigenvalue weighted by Gasteiger charge is -2.16. The van der Waals surface area contributed by atoms with E-state index in [2.05, 4.69) is 31.1 Å². The number of anilines is 1. The van der Waals surface area contributed by atoms with E-state index >= 15 is 0 Å². The predicted molar refractivity (Wildman–Crippen MR) is 107 cm³/mol. The number of ether oxygens (including phenoxy) is 1. The molecule has 144 valence electrons. The predicted octanol–water partition coefficient (Wildman–Crippen LogP) is 3.03. The van der Waals surface area contributed by atoms with Crippen LogP contribution in [0, 0.1) is 0 Å². The molecular weight excluding hydrogens is 340 g/mol. The Morgan fingerprint density at radius 1 is 1.19 bits per heavy atom. The molecule has 0 bridgehead atoms. The zero-order chi connectivity index (χ0) is 19.4. The second-order valence-electron chi connectivity index (χ2n) is 7.39. The molecule has 27 heavy (non-hydrogen) atoms. The molecule has 0 fully saturated rings. The van der Waals surface area contributed by atoms with E-state index in [1.165, 1.54) is 16.8 Å². The van der Waals surface area contributed by atoms with Crippen LogP contribution in [-0.2, 0) is 11.2 Å². The molecule has 5 heteroatoms. The topological polar surface area (TPSA) is 61.8 Å². The molecule has 0 saturated carbocycles. The first-order chi connectivity index (χ1) is 12.9. The minimum absolute atomic E-state index is 0.0667. The summed E-state index contributed by atoms with van der Waals surface area (Å²) < 4.78 is 5.51. The Balaban J connectivity index is 1.46. The van der Waals surface area contributed by atoms with Crippen molar-refractivity contribution in [2.45, 2.75) is 32.3 Å². The van der Waals surface area contributed by atoms with Gasteiger partial charge in [-0.1, -0.05) is 38.1 Å². The number of benzene rings is 2.